The predicted molar refractivity (Wildman–Crippen MR) is 48.3 cm³/mol. The smallest absolute Gasteiger partial charge is 0.146 e. The van der Waals surface area contributed by atoms with Crippen LogP contribution >= 0.6 is 0 Å². The summed E-state index contributed by atoms with van der Waals surface area (Å²) in [7, 11) is 0. The molecule has 0 aliphatic rings. The number of hydrogen-bond acceptors (Lipinski definition) is 2. The largest absolute Gasteiger partial charge is 0.486 e. The average Bonchev–Trinajstić information content (AvgIpc) is 2.69. The number of benzene rings is 1. The molecule has 0 saturated carbocycles. The molecule has 0 amide bonds. The summed E-state index contributed by atoms with van der Waals surface area (Å²) in [5.41, 5.74) is 0. The summed E-state index contributed by atoms with van der Waals surface area (Å²) in [6, 6.07) is 14.1. The summed E-state index contributed by atoms with van der Waals surface area (Å²) in [6.07, 6.45) is 1.63. The topological polar surface area (TPSA) is 22.4 Å². The quantitative estimate of drug-likeness (QED) is 0.711. The van der Waals surface area contributed by atoms with Gasteiger partial charge in [-0.25, -0.2) is 0 Å². The van der Waals surface area contributed by atoms with Gasteiger partial charge in [0.25, 0.3) is 0 Å². The van der Waals surface area contributed by atoms with Gasteiger partial charge < -0.3 is 9.15 Å². The zero-order valence-electron chi connectivity index (χ0n) is 7.07. The van der Waals surface area contributed by atoms with E-state index in [2.05, 4.69) is 6.07 Å². The van der Waals surface area contributed by atoms with Crippen LogP contribution in [0.2, 0.25) is 0 Å². The fourth-order valence-corrected chi connectivity index (χ4v) is 1.02. The van der Waals surface area contributed by atoms with Crippen molar-refractivity contribution < 1.29 is 9.15 Å². The van der Waals surface area contributed by atoms with E-state index in [4.69, 9.17) is 9.15 Å². The minimum absolute atomic E-state index is 0.463. The summed E-state index contributed by atoms with van der Waals surface area (Å²) in [4.78, 5) is 0. The van der Waals surface area contributed by atoms with Gasteiger partial charge in [0.1, 0.15) is 18.1 Å². The Morgan fingerprint density at radius 3 is 3.00 bits per heavy atom. The van der Waals surface area contributed by atoms with Crippen molar-refractivity contribution in [2.75, 3.05) is 0 Å². The Morgan fingerprint density at radius 1 is 1.31 bits per heavy atom. The molecule has 0 bridgehead atoms. The highest BCUT2D eigenvalue weighted by Gasteiger charge is 1.95. The second kappa shape index (κ2) is 3.81. The van der Waals surface area contributed by atoms with Crippen molar-refractivity contribution in [3.8, 4) is 5.75 Å². The lowest BCUT2D eigenvalue weighted by molar-refractivity contribution is 0.270. The lowest BCUT2D eigenvalue weighted by Crippen LogP contribution is -1.92. The molecule has 2 aromatic rings. The molecule has 0 N–H and O–H groups in total. The van der Waals surface area contributed by atoms with Crippen LogP contribution in [0.4, 0.5) is 0 Å². The Labute approximate surface area is 76.8 Å². The molecule has 0 aliphatic heterocycles. The van der Waals surface area contributed by atoms with Crippen molar-refractivity contribution in [2.24, 2.45) is 0 Å². The monoisotopic (exact) mass is 173 g/mol. The van der Waals surface area contributed by atoms with Crippen LogP contribution in [0.1, 0.15) is 5.76 Å². The molecular weight excluding hydrogens is 164 g/mol. The highest BCUT2D eigenvalue weighted by Crippen LogP contribution is 2.11. The van der Waals surface area contributed by atoms with Gasteiger partial charge in [-0.2, -0.15) is 0 Å². The molecular formula is C11H9O2. The Hall–Kier alpha value is -1.70. The van der Waals surface area contributed by atoms with Crippen molar-refractivity contribution in [3.63, 3.8) is 0 Å². The van der Waals surface area contributed by atoms with E-state index in [1.165, 1.54) is 0 Å². The van der Waals surface area contributed by atoms with Gasteiger partial charge in [-0.3, -0.25) is 0 Å². The maximum absolute atomic E-state index is 5.43. The van der Waals surface area contributed by atoms with E-state index in [0.717, 1.165) is 11.5 Å². The minimum Gasteiger partial charge on any atom is -0.486 e. The third-order valence-corrected chi connectivity index (χ3v) is 1.64. The molecule has 2 rings (SSSR count). The molecule has 65 valence electrons. The first-order valence-electron chi connectivity index (χ1n) is 4.06. The molecule has 1 heterocycles. The van der Waals surface area contributed by atoms with Gasteiger partial charge in [-0.15, -0.1) is 0 Å². The highest BCUT2D eigenvalue weighted by atomic mass is 16.5. The van der Waals surface area contributed by atoms with Crippen LogP contribution in [-0.4, -0.2) is 0 Å². The second-order valence-electron chi connectivity index (χ2n) is 2.61. The zero-order valence-corrected chi connectivity index (χ0v) is 7.07. The molecule has 2 nitrogen and oxygen atoms in total. The second-order valence-corrected chi connectivity index (χ2v) is 2.61. The van der Waals surface area contributed by atoms with Gasteiger partial charge in [0.15, 0.2) is 0 Å². The molecule has 0 atom stereocenters. The van der Waals surface area contributed by atoms with Crippen LogP contribution < -0.4 is 4.74 Å². The predicted octanol–water partition coefficient (Wildman–Crippen LogP) is 2.66. The van der Waals surface area contributed by atoms with E-state index >= 15 is 0 Å². The minimum atomic E-state index is 0.463. The van der Waals surface area contributed by atoms with Crippen LogP contribution in [0.25, 0.3) is 0 Å². The van der Waals surface area contributed by atoms with E-state index in [0.29, 0.717) is 6.61 Å². The van der Waals surface area contributed by atoms with Crippen molar-refractivity contribution in [3.05, 3.63) is 54.5 Å². The van der Waals surface area contributed by atoms with Gasteiger partial charge in [0.2, 0.25) is 0 Å². The van der Waals surface area contributed by atoms with Crippen molar-refractivity contribution in [1.29, 1.82) is 0 Å². The van der Waals surface area contributed by atoms with Gasteiger partial charge in [0.05, 0.1) is 6.26 Å². The molecule has 2 heteroatoms. The van der Waals surface area contributed by atoms with Crippen molar-refractivity contribution in [2.45, 2.75) is 6.61 Å². The molecule has 0 saturated heterocycles. The molecule has 0 spiro atoms. The number of hydrogen-bond donors (Lipinski definition) is 0. The van der Waals surface area contributed by atoms with Crippen LogP contribution in [0.5, 0.6) is 5.75 Å². The third kappa shape index (κ3) is 2.12. The third-order valence-electron chi connectivity index (χ3n) is 1.64. The molecule has 1 radical (unpaired) electrons. The number of ether oxygens (including phenoxy) is 1. The molecule has 1 aromatic heterocycles. The van der Waals surface area contributed by atoms with Gasteiger partial charge in [-0.1, -0.05) is 12.1 Å². The first-order chi connectivity index (χ1) is 6.45. The fourth-order valence-electron chi connectivity index (χ4n) is 1.02. The van der Waals surface area contributed by atoms with Crippen LogP contribution in [0.15, 0.2) is 47.1 Å². The van der Waals surface area contributed by atoms with E-state index in [-0.39, 0.29) is 0 Å². The summed E-state index contributed by atoms with van der Waals surface area (Å²) in [5.74, 6) is 1.63. The number of rotatable bonds is 3. The molecule has 13 heavy (non-hydrogen) atoms. The van der Waals surface area contributed by atoms with Gasteiger partial charge >= 0.3 is 0 Å². The zero-order chi connectivity index (χ0) is 8.93. The number of furan rings is 1. The van der Waals surface area contributed by atoms with Crippen molar-refractivity contribution in [1.82, 2.24) is 0 Å². The first kappa shape index (κ1) is 7.92. The molecule has 1 aromatic carbocycles. The SMILES string of the molecule is [c]1cccc(OCc2ccco2)c1. The summed E-state index contributed by atoms with van der Waals surface area (Å²) < 4.78 is 10.5. The standard InChI is InChI=1S/C11H9O2/c1-2-5-10(6-3-1)13-9-11-7-4-8-12-11/h1-2,4-8H,9H2. The highest BCUT2D eigenvalue weighted by molar-refractivity contribution is 5.20. The maximum Gasteiger partial charge on any atom is 0.146 e. The van der Waals surface area contributed by atoms with E-state index in [9.17, 15) is 0 Å². The van der Waals surface area contributed by atoms with Gasteiger partial charge in [0, 0.05) is 0 Å². The van der Waals surface area contributed by atoms with Crippen LogP contribution in [0.3, 0.4) is 0 Å². The van der Waals surface area contributed by atoms with Gasteiger partial charge in [-0.05, 0) is 30.3 Å². The molecule has 0 fully saturated rings. The molecule has 0 unspecified atom stereocenters. The van der Waals surface area contributed by atoms with E-state index in [1.54, 1.807) is 12.3 Å². The maximum atomic E-state index is 5.43. The molecule has 0 aliphatic carbocycles. The van der Waals surface area contributed by atoms with E-state index in [1.807, 2.05) is 30.3 Å². The Bertz CT molecular complexity index is 338. The lowest BCUT2D eigenvalue weighted by Gasteiger charge is -2.02. The van der Waals surface area contributed by atoms with Crippen LogP contribution in [0, 0.1) is 6.07 Å². The normalized spacial score (nSPS) is 9.85. The Balaban J connectivity index is 1.94. The average molecular weight is 173 g/mol. The summed E-state index contributed by atoms with van der Waals surface area (Å²) in [6.45, 7) is 0.463. The van der Waals surface area contributed by atoms with Crippen LogP contribution in [-0.2, 0) is 6.61 Å². The Morgan fingerprint density at radius 2 is 2.31 bits per heavy atom. The lowest BCUT2D eigenvalue weighted by atomic mass is 10.3. The Kier molecular flexibility index (Phi) is 2.32. The fraction of sp³-hybridized carbons (Fsp3) is 0.0909. The summed E-state index contributed by atoms with van der Waals surface area (Å²) in [5, 5.41) is 0. The van der Waals surface area contributed by atoms with Crippen molar-refractivity contribution >= 4 is 0 Å². The first-order valence-corrected chi connectivity index (χ1v) is 4.06. The summed E-state index contributed by atoms with van der Waals surface area (Å²) >= 11 is 0. The van der Waals surface area contributed by atoms with E-state index < -0.39 is 0 Å².